The second-order valence-corrected chi connectivity index (χ2v) is 7.51. The van der Waals surface area contributed by atoms with Gasteiger partial charge in [-0.3, -0.25) is 4.79 Å². The maximum Gasteiger partial charge on any atom is 0.343 e. The van der Waals surface area contributed by atoms with E-state index < -0.39 is 64.2 Å². The molecule has 0 aliphatic carbocycles. The molecule has 35 heavy (non-hydrogen) atoms. The van der Waals surface area contributed by atoms with Crippen molar-refractivity contribution >= 4 is 11.8 Å². The summed E-state index contributed by atoms with van der Waals surface area (Å²) in [5, 5.41) is 70.0. The standard InChI is InChI=1S/C23H18O12/c1-33-15-5-9(3-13(27)18(15)28)23(32)35-16-4-8(2-12(26)19(16)29)22-21(31)20(30)17-11(25)6-10(24)7-14(17)34-22/h2-7,21-22,24-29,31H,1H3. The van der Waals surface area contributed by atoms with Crippen LogP contribution in [-0.4, -0.2) is 60.7 Å². The van der Waals surface area contributed by atoms with Gasteiger partial charge in [-0.15, -0.1) is 0 Å². The average Bonchev–Trinajstić information content (AvgIpc) is 2.80. The van der Waals surface area contributed by atoms with Gasteiger partial charge in [-0.1, -0.05) is 0 Å². The average molecular weight is 486 g/mol. The maximum absolute atomic E-state index is 12.6. The second kappa shape index (κ2) is 8.50. The molecule has 2 atom stereocenters. The van der Waals surface area contributed by atoms with E-state index in [-0.39, 0.29) is 28.2 Å². The molecule has 0 saturated carbocycles. The summed E-state index contributed by atoms with van der Waals surface area (Å²) in [6.07, 6.45) is -3.36. The number of hydrogen-bond acceptors (Lipinski definition) is 12. The van der Waals surface area contributed by atoms with Gasteiger partial charge in [0.15, 0.2) is 35.2 Å². The number of carbonyl (C=O) groups excluding carboxylic acids is 2. The molecule has 0 amide bonds. The molecule has 2 unspecified atom stereocenters. The van der Waals surface area contributed by atoms with Crippen molar-refractivity contribution in [2.24, 2.45) is 0 Å². The smallest absolute Gasteiger partial charge is 0.343 e. The summed E-state index contributed by atoms with van der Waals surface area (Å²) in [5.41, 5.74) is -0.753. The highest BCUT2D eigenvalue weighted by atomic mass is 16.5. The van der Waals surface area contributed by atoms with Crippen molar-refractivity contribution in [2.75, 3.05) is 7.11 Å². The molecule has 7 N–H and O–H groups in total. The van der Waals surface area contributed by atoms with Crippen molar-refractivity contribution in [3.63, 3.8) is 0 Å². The zero-order valence-corrected chi connectivity index (χ0v) is 17.8. The number of carbonyl (C=O) groups is 2. The van der Waals surface area contributed by atoms with Gasteiger partial charge in [0.25, 0.3) is 0 Å². The Morgan fingerprint density at radius 2 is 1.51 bits per heavy atom. The van der Waals surface area contributed by atoms with Crippen LogP contribution in [0.4, 0.5) is 0 Å². The number of ether oxygens (including phenoxy) is 3. The highest BCUT2D eigenvalue weighted by molar-refractivity contribution is 6.05. The Morgan fingerprint density at radius 3 is 2.20 bits per heavy atom. The van der Waals surface area contributed by atoms with E-state index in [0.717, 1.165) is 36.4 Å². The fourth-order valence-electron chi connectivity index (χ4n) is 3.55. The number of methoxy groups -OCH3 is 1. The van der Waals surface area contributed by atoms with Crippen LogP contribution in [0.3, 0.4) is 0 Å². The van der Waals surface area contributed by atoms with Crippen LogP contribution in [0.2, 0.25) is 0 Å². The second-order valence-electron chi connectivity index (χ2n) is 7.51. The van der Waals surface area contributed by atoms with Crippen molar-refractivity contribution in [1.82, 2.24) is 0 Å². The van der Waals surface area contributed by atoms with Crippen LogP contribution < -0.4 is 14.2 Å². The third-order valence-electron chi connectivity index (χ3n) is 5.24. The summed E-state index contributed by atoms with van der Waals surface area (Å²) in [7, 11) is 1.19. The number of aliphatic hydroxyl groups excluding tert-OH is 1. The lowest BCUT2D eigenvalue weighted by atomic mass is 9.92. The van der Waals surface area contributed by atoms with Crippen LogP contribution in [0, 0.1) is 0 Å². The number of hydrogen-bond donors (Lipinski definition) is 7. The Labute approximate surface area is 196 Å². The van der Waals surface area contributed by atoms with Gasteiger partial charge in [0.05, 0.1) is 12.7 Å². The van der Waals surface area contributed by atoms with Crippen LogP contribution in [0.5, 0.6) is 51.7 Å². The quantitative estimate of drug-likeness (QED) is 0.160. The molecule has 1 heterocycles. The molecule has 12 heteroatoms. The first kappa shape index (κ1) is 23.3. The summed E-state index contributed by atoms with van der Waals surface area (Å²) >= 11 is 0. The van der Waals surface area contributed by atoms with Gasteiger partial charge in [-0.2, -0.15) is 0 Å². The van der Waals surface area contributed by atoms with Crippen molar-refractivity contribution < 1.29 is 59.5 Å². The minimum atomic E-state index is -1.87. The van der Waals surface area contributed by atoms with Gasteiger partial charge in [0.1, 0.15) is 22.8 Å². The molecule has 0 radical (unpaired) electrons. The molecular formula is C23H18O12. The Balaban J connectivity index is 1.70. The van der Waals surface area contributed by atoms with E-state index in [1.54, 1.807) is 0 Å². The first-order valence-electron chi connectivity index (χ1n) is 9.84. The van der Waals surface area contributed by atoms with Gasteiger partial charge < -0.3 is 50.0 Å². The summed E-state index contributed by atoms with van der Waals surface area (Å²) in [6, 6.07) is 5.84. The monoisotopic (exact) mass is 486 g/mol. The molecule has 0 bridgehead atoms. The molecule has 3 aromatic rings. The van der Waals surface area contributed by atoms with Crippen LogP contribution in [0.25, 0.3) is 0 Å². The van der Waals surface area contributed by atoms with Gasteiger partial charge in [0.2, 0.25) is 17.3 Å². The summed E-state index contributed by atoms with van der Waals surface area (Å²) in [4.78, 5) is 25.2. The zero-order valence-electron chi connectivity index (χ0n) is 17.8. The fraction of sp³-hybridized carbons (Fsp3) is 0.130. The van der Waals surface area contributed by atoms with Crippen molar-refractivity contribution in [3.8, 4) is 51.7 Å². The highest BCUT2D eigenvalue weighted by Crippen LogP contribution is 2.45. The third kappa shape index (κ3) is 4.02. The predicted molar refractivity (Wildman–Crippen MR) is 115 cm³/mol. The molecule has 4 rings (SSSR count). The minimum absolute atomic E-state index is 0.108. The summed E-state index contributed by atoms with van der Waals surface area (Å²) in [5.74, 6) is -7.12. The number of esters is 1. The van der Waals surface area contributed by atoms with Crippen LogP contribution in [0.1, 0.15) is 32.4 Å². The first-order valence-corrected chi connectivity index (χ1v) is 9.84. The number of fused-ring (bicyclic) bond motifs is 1. The molecule has 1 aliphatic heterocycles. The topological polar surface area (TPSA) is 203 Å². The lowest BCUT2D eigenvalue weighted by Gasteiger charge is -2.30. The van der Waals surface area contributed by atoms with E-state index in [2.05, 4.69) is 0 Å². The van der Waals surface area contributed by atoms with E-state index in [4.69, 9.17) is 14.2 Å². The molecule has 0 spiro atoms. The van der Waals surface area contributed by atoms with Crippen molar-refractivity contribution in [1.29, 1.82) is 0 Å². The van der Waals surface area contributed by atoms with Gasteiger partial charge >= 0.3 is 5.97 Å². The molecular weight excluding hydrogens is 468 g/mol. The number of aliphatic hydroxyl groups is 1. The Bertz CT molecular complexity index is 1360. The van der Waals surface area contributed by atoms with Gasteiger partial charge in [-0.05, 0) is 24.3 Å². The van der Waals surface area contributed by atoms with E-state index in [1.165, 1.54) is 7.11 Å². The van der Waals surface area contributed by atoms with Crippen molar-refractivity contribution in [2.45, 2.75) is 12.2 Å². The van der Waals surface area contributed by atoms with Gasteiger partial charge in [-0.25, -0.2) is 4.79 Å². The van der Waals surface area contributed by atoms with E-state index >= 15 is 0 Å². The predicted octanol–water partition coefficient (Wildman–Crippen LogP) is 1.83. The number of Topliss-reactive ketones (excluding diaryl/α,β-unsaturated/α-hetero) is 1. The Hall–Kier alpha value is -4.84. The third-order valence-corrected chi connectivity index (χ3v) is 5.24. The lowest BCUT2D eigenvalue weighted by molar-refractivity contribution is 0.0208. The highest BCUT2D eigenvalue weighted by Gasteiger charge is 2.40. The number of aromatic hydroxyl groups is 6. The van der Waals surface area contributed by atoms with Crippen LogP contribution in [-0.2, 0) is 0 Å². The summed E-state index contributed by atoms with van der Waals surface area (Å²) in [6.45, 7) is 0. The fourth-order valence-corrected chi connectivity index (χ4v) is 3.55. The zero-order chi connectivity index (χ0) is 25.6. The van der Waals surface area contributed by atoms with E-state index in [0.29, 0.717) is 0 Å². The molecule has 182 valence electrons. The molecule has 0 fully saturated rings. The molecule has 0 aromatic heterocycles. The number of phenolic OH excluding ortho intramolecular Hbond substituents is 6. The molecule has 1 aliphatic rings. The SMILES string of the molecule is COc1cc(C(=O)Oc2cc(C3Oc4cc(O)cc(O)c4C(=O)C3O)cc(O)c2O)cc(O)c1O. The number of rotatable bonds is 4. The van der Waals surface area contributed by atoms with Gasteiger partial charge in [0, 0.05) is 17.7 Å². The Kier molecular flexibility index (Phi) is 5.66. The Morgan fingerprint density at radius 1 is 0.857 bits per heavy atom. The van der Waals surface area contributed by atoms with E-state index in [1.807, 2.05) is 0 Å². The van der Waals surface area contributed by atoms with Crippen molar-refractivity contribution in [3.05, 3.63) is 53.1 Å². The number of ketones is 1. The maximum atomic E-state index is 12.6. The number of phenols is 6. The molecule has 0 saturated heterocycles. The summed E-state index contributed by atoms with van der Waals surface area (Å²) < 4.78 is 15.5. The van der Waals surface area contributed by atoms with Crippen LogP contribution in [0.15, 0.2) is 36.4 Å². The van der Waals surface area contributed by atoms with E-state index in [9.17, 15) is 45.3 Å². The lowest BCUT2D eigenvalue weighted by Crippen LogP contribution is -2.36. The molecule has 3 aromatic carbocycles. The van der Waals surface area contributed by atoms with Crippen LogP contribution >= 0.6 is 0 Å². The number of benzene rings is 3. The first-order chi connectivity index (χ1) is 16.5. The molecule has 12 nitrogen and oxygen atoms in total. The normalized spacial score (nSPS) is 16.8. The minimum Gasteiger partial charge on any atom is -0.508 e. The largest absolute Gasteiger partial charge is 0.508 e.